The molecule has 0 aromatic heterocycles. The lowest BCUT2D eigenvalue weighted by Crippen LogP contribution is -2.28. The first kappa shape index (κ1) is 12.6. The maximum absolute atomic E-state index is 12.2. The van der Waals surface area contributed by atoms with Gasteiger partial charge in [0.25, 0.3) is 0 Å². The molecule has 96 valence electrons. The highest BCUT2D eigenvalue weighted by molar-refractivity contribution is 7.96. The van der Waals surface area contributed by atoms with Crippen molar-refractivity contribution >= 4 is 21.9 Å². The lowest BCUT2D eigenvalue weighted by molar-refractivity contribution is -0.144. The highest BCUT2D eigenvalue weighted by Gasteiger charge is 2.43. The van der Waals surface area contributed by atoms with Crippen LogP contribution in [0, 0.1) is 5.41 Å². The summed E-state index contributed by atoms with van der Waals surface area (Å²) in [7, 11) is -3.85. The minimum absolute atomic E-state index is 0.0492. The molecular weight excluding hydrogens is 256 g/mol. The van der Waals surface area contributed by atoms with Crippen LogP contribution in [-0.4, -0.2) is 24.6 Å². The van der Waals surface area contributed by atoms with E-state index in [0.717, 1.165) is 6.07 Å². The number of phenolic OH excluding ortho intramolecular Hbond substituents is 1. The summed E-state index contributed by atoms with van der Waals surface area (Å²) >= 11 is 0. The molecule has 0 bridgehead atoms. The molecule has 0 atom stereocenters. The Hall–Kier alpha value is -1.82. The van der Waals surface area contributed by atoms with Gasteiger partial charge in [-0.25, -0.2) is 8.42 Å². The molecule has 1 aliphatic heterocycles. The zero-order chi connectivity index (χ0) is 13.7. The van der Waals surface area contributed by atoms with Crippen LogP contribution in [0.5, 0.6) is 5.75 Å². The van der Waals surface area contributed by atoms with Gasteiger partial charge in [-0.15, -0.1) is 0 Å². The van der Waals surface area contributed by atoms with Crippen molar-refractivity contribution in [2.24, 2.45) is 5.41 Å². The van der Waals surface area contributed by atoms with Crippen molar-refractivity contribution in [2.45, 2.75) is 18.7 Å². The van der Waals surface area contributed by atoms with Crippen molar-refractivity contribution in [3.63, 3.8) is 0 Å². The van der Waals surface area contributed by atoms with Crippen LogP contribution in [0.1, 0.15) is 19.4 Å². The number of aromatic hydroxyl groups is 1. The smallest absolute Gasteiger partial charge is 0.314 e. The zero-order valence-corrected chi connectivity index (χ0v) is 10.7. The Morgan fingerprint density at radius 3 is 2.44 bits per heavy atom. The minimum Gasteiger partial charge on any atom is -0.508 e. The van der Waals surface area contributed by atoms with Gasteiger partial charge in [0.1, 0.15) is 5.75 Å². The van der Waals surface area contributed by atoms with Crippen LogP contribution in [-0.2, 0) is 14.6 Å². The molecule has 18 heavy (non-hydrogen) atoms. The number of sulfone groups is 1. The summed E-state index contributed by atoms with van der Waals surface area (Å²) in [6, 6.07) is 3.95. The van der Waals surface area contributed by atoms with Crippen LogP contribution >= 0.6 is 0 Å². The molecule has 0 spiro atoms. The van der Waals surface area contributed by atoms with Crippen molar-refractivity contribution in [2.75, 3.05) is 0 Å². The number of hydrogen-bond donors (Lipinski definition) is 2. The molecule has 1 aliphatic rings. The largest absolute Gasteiger partial charge is 0.508 e. The van der Waals surface area contributed by atoms with E-state index in [4.69, 9.17) is 5.11 Å². The number of carbonyl (C=O) groups is 1. The second-order valence-electron chi connectivity index (χ2n) is 4.66. The van der Waals surface area contributed by atoms with Crippen LogP contribution in [0.4, 0.5) is 0 Å². The lowest BCUT2D eigenvalue weighted by atomic mass is 9.92. The van der Waals surface area contributed by atoms with E-state index in [1.54, 1.807) is 0 Å². The van der Waals surface area contributed by atoms with E-state index in [1.165, 1.54) is 32.1 Å². The van der Waals surface area contributed by atoms with Gasteiger partial charge < -0.3 is 10.2 Å². The van der Waals surface area contributed by atoms with E-state index in [9.17, 15) is 18.3 Å². The van der Waals surface area contributed by atoms with E-state index in [-0.39, 0.29) is 15.6 Å². The number of fused-ring (bicyclic) bond motifs is 1. The molecule has 2 N–H and O–H groups in total. The second-order valence-corrected chi connectivity index (χ2v) is 6.55. The molecule has 1 aromatic rings. The molecular formula is C12H12O5S. The zero-order valence-electron chi connectivity index (χ0n) is 9.84. The van der Waals surface area contributed by atoms with Crippen LogP contribution in [0.2, 0.25) is 0 Å². The molecule has 0 amide bonds. The lowest BCUT2D eigenvalue weighted by Gasteiger charge is -2.20. The first-order valence-corrected chi connectivity index (χ1v) is 6.69. The topological polar surface area (TPSA) is 91.7 Å². The Labute approximate surface area is 104 Å². The predicted octanol–water partition coefficient (Wildman–Crippen LogP) is 1.63. The third kappa shape index (κ3) is 1.60. The standard InChI is InChI=1S/C12H12O5S/c1-12(2,11(14)15)10-5-7-3-4-8(13)6-9(7)18(10,16)17/h3-6,13H,1-2H3,(H,14,15). The number of carboxylic acid groups (broad SMARTS) is 1. The van der Waals surface area contributed by atoms with E-state index in [2.05, 4.69) is 0 Å². The molecule has 0 saturated carbocycles. The number of phenols is 1. The molecule has 0 fully saturated rings. The van der Waals surface area contributed by atoms with E-state index in [0.29, 0.717) is 5.56 Å². The average Bonchev–Trinajstić information content (AvgIpc) is 2.51. The van der Waals surface area contributed by atoms with E-state index >= 15 is 0 Å². The number of rotatable bonds is 2. The van der Waals surface area contributed by atoms with Gasteiger partial charge in [0.05, 0.1) is 15.2 Å². The number of hydrogen-bond acceptors (Lipinski definition) is 4. The molecule has 6 heteroatoms. The normalized spacial score (nSPS) is 17.1. The Kier molecular flexibility index (Phi) is 2.52. The Morgan fingerprint density at radius 2 is 1.89 bits per heavy atom. The number of aliphatic carboxylic acids is 1. The Morgan fingerprint density at radius 1 is 1.28 bits per heavy atom. The molecule has 5 nitrogen and oxygen atoms in total. The third-order valence-corrected chi connectivity index (χ3v) is 5.15. The van der Waals surface area contributed by atoms with Gasteiger partial charge in [-0.05, 0) is 43.7 Å². The minimum atomic E-state index is -3.85. The Bertz CT molecular complexity index is 668. The van der Waals surface area contributed by atoms with Gasteiger partial charge in [-0.1, -0.05) is 0 Å². The summed E-state index contributed by atoms with van der Waals surface area (Å²) in [4.78, 5) is 10.9. The molecule has 0 saturated heterocycles. The predicted molar refractivity (Wildman–Crippen MR) is 64.7 cm³/mol. The van der Waals surface area contributed by atoms with Crippen molar-refractivity contribution in [3.05, 3.63) is 28.7 Å². The quantitative estimate of drug-likeness (QED) is 0.850. The van der Waals surface area contributed by atoms with Crippen molar-refractivity contribution < 1.29 is 23.4 Å². The third-order valence-electron chi connectivity index (χ3n) is 3.01. The molecule has 0 unspecified atom stereocenters. The monoisotopic (exact) mass is 268 g/mol. The fraction of sp³-hybridized carbons (Fsp3) is 0.250. The summed E-state index contributed by atoms with van der Waals surface area (Å²) in [5, 5.41) is 18.4. The number of benzene rings is 1. The average molecular weight is 268 g/mol. The van der Waals surface area contributed by atoms with Crippen molar-refractivity contribution in [3.8, 4) is 5.75 Å². The molecule has 0 radical (unpaired) electrons. The van der Waals surface area contributed by atoms with Crippen LogP contribution in [0.15, 0.2) is 28.0 Å². The van der Waals surface area contributed by atoms with Crippen molar-refractivity contribution in [1.29, 1.82) is 0 Å². The van der Waals surface area contributed by atoms with Crippen LogP contribution < -0.4 is 0 Å². The molecule has 1 heterocycles. The second kappa shape index (κ2) is 3.58. The molecule has 1 aromatic carbocycles. The van der Waals surface area contributed by atoms with Crippen molar-refractivity contribution in [1.82, 2.24) is 0 Å². The SMILES string of the molecule is CC(C)(C(=O)O)C1=Cc2ccc(O)cc2S1(=O)=O. The van der Waals surface area contributed by atoms with Crippen LogP contribution in [0.25, 0.3) is 6.08 Å². The van der Waals surface area contributed by atoms with Gasteiger partial charge in [0.15, 0.2) is 0 Å². The fourth-order valence-electron chi connectivity index (χ4n) is 1.83. The summed E-state index contributed by atoms with van der Waals surface area (Å²) < 4.78 is 24.5. The van der Waals surface area contributed by atoms with E-state index < -0.39 is 21.2 Å². The summed E-state index contributed by atoms with van der Waals surface area (Å²) in [6.07, 6.45) is 1.35. The maximum atomic E-state index is 12.2. The summed E-state index contributed by atoms with van der Waals surface area (Å²) in [5.74, 6) is -1.38. The van der Waals surface area contributed by atoms with E-state index in [1.807, 2.05) is 0 Å². The highest BCUT2D eigenvalue weighted by Crippen LogP contribution is 2.43. The molecule has 2 rings (SSSR count). The first-order valence-electron chi connectivity index (χ1n) is 5.21. The maximum Gasteiger partial charge on any atom is 0.314 e. The van der Waals surface area contributed by atoms with Gasteiger partial charge in [-0.3, -0.25) is 4.79 Å². The van der Waals surface area contributed by atoms with Gasteiger partial charge in [0.2, 0.25) is 9.84 Å². The fourth-order valence-corrected chi connectivity index (χ4v) is 3.83. The summed E-state index contributed by atoms with van der Waals surface area (Å²) in [5.41, 5.74) is -1.11. The Balaban J connectivity index is 2.68. The van der Waals surface area contributed by atoms with Gasteiger partial charge in [-0.2, -0.15) is 0 Å². The highest BCUT2D eigenvalue weighted by atomic mass is 32.2. The summed E-state index contributed by atoms with van der Waals surface area (Å²) in [6.45, 7) is 2.68. The van der Waals surface area contributed by atoms with Gasteiger partial charge >= 0.3 is 5.97 Å². The number of carboxylic acids is 1. The van der Waals surface area contributed by atoms with Crippen LogP contribution in [0.3, 0.4) is 0 Å². The molecule has 0 aliphatic carbocycles. The first-order chi connectivity index (χ1) is 8.17. The van der Waals surface area contributed by atoms with Gasteiger partial charge in [0, 0.05) is 0 Å².